The standard InChI is InChI=1S/C11H22N2O2/c1-14-11(5-2-6-11)10(13-12)9-3-7-15-8-4-9/h9-10,13H,2-8,12H2,1H3. The van der Waals surface area contributed by atoms with E-state index in [0.29, 0.717) is 12.0 Å². The SMILES string of the molecule is COC1(C(NN)C2CCOCC2)CCC1. The number of ether oxygens (including phenoxy) is 2. The second kappa shape index (κ2) is 4.78. The van der Waals surface area contributed by atoms with E-state index >= 15 is 0 Å². The molecule has 1 aliphatic carbocycles. The Morgan fingerprint density at radius 3 is 2.47 bits per heavy atom. The fourth-order valence-corrected chi connectivity index (χ4v) is 2.93. The van der Waals surface area contributed by atoms with Crippen LogP contribution in [-0.4, -0.2) is 32.0 Å². The molecule has 0 bridgehead atoms. The van der Waals surface area contributed by atoms with Crippen LogP contribution in [0, 0.1) is 5.92 Å². The molecule has 1 unspecified atom stereocenters. The number of rotatable bonds is 4. The van der Waals surface area contributed by atoms with Gasteiger partial charge in [-0.1, -0.05) is 0 Å². The molecule has 1 heterocycles. The van der Waals surface area contributed by atoms with E-state index in [0.717, 1.165) is 38.9 Å². The highest BCUT2D eigenvalue weighted by Crippen LogP contribution is 2.42. The maximum atomic E-state index is 5.70. The van der Waals surface area contributed by atoms with Crippen LogP contribution in [0.4, 0.5) is 0 Å². The van der Waals surface area contributed by atoms with E-state index in [2.05, 4.69) is 5.43 Å². The minimum atomic E-state index is -0.00322. The van der Waals surface area contributed by atoms with Gasteiger partial charge in [0.1, 0.15) is 0 Å². The summed E-state index contributed by atoms with van der Waals surface area (Å²) in [5.41, 5.74) is 2.98. The van der Waals surface area contributed by atoms with Gasteiger partial charge in [0.2, 0.25) is 0 Å². The molecule has 0 spiro atoms. The first-order valence-corrected chi connectivity index (χ1v) is 5.91. The minimum absolute atomic E-state index is 0.00322. The van der Waals surface area contributed by atoms with E-state index in [1.165, 1.54) is 6.42 Å². The van der Waals surface area contributed by atoms with Crippen molar-refractivity contribution < 1.29 is 9.47 Å². The van der Waals surface area contributed by atoms with Gasteiger partial charge in [-0.15, -0.1) is 0 Å². The van der Waals surface area contributed by atoms with Crippen LogP contribution in [0.2, 0.25) is 0 Å². The molecule has 0 amide bonds. The summed E-state index contributed by atoms with van der Waals surface area (Å²) in [5.74, 6) is 6.30. The Morgan fingerprint density at radius 2 is 2.07 bits per heavy atom. The Kier molecular flexibility index (Phi) is 3.61. The van der Waals surface area contributed by atoms with E-state index in [4.69, 9.17) is 15.3 Å². The monoisotopic (exact) mass is 214 g/mol. The molecule has 4 nitrogen and oxygen atoms in total. The fraction of sp³-hybridized carbons (Fsp3) is 1.00. The normalized spacial score (nSPS) is 28.4. The second-order valence-electron chi connectivity index (χ2n) is 4.72. The van der Waals surface area contributed by atoms with Crippen LogP contribution in [0.1, 0.15) is 32.1 Å². The lowest BCUT2D eigenvalue weighted by molar-refractivity contribution is -0.120. The van der Waals surface area contributed by atoms with Gasteiger partial charge < -0.3 is 9.47 Å². The van der Waals surface area contributed by atoms with Crippen molar-refractivity contribution in [2.75, 3.05) is 20.3 Å². The topological polar surface area (TPSA) is 56.5 Å². The van der Waals surface area contributed by atoms with Crippen molar-refractivity contribution in [1.29, 1.82) is 0 Å². The molecule has 4 heteroatoms. The highest BCUT2D eigenvalue weighted by molar-refractivity contribution is 5.01. The zero-order valence-electron chi connectivity index (χ0n) is 9.50. The van der Waals surface area contributed by atoms with Gasteiger partial charge >= 0.3 is 0 Å². The predicted octanol–water partition coefficient (Wildman–Crippen LogP) is 0.814. The first-order chi connectivity index (χ1) is 7.32. The largest absolute Gasteiger partial charge is 0.381 e. The summed E-state index contributed by atoms with van der Waals surface area (Å²) < 4.78 is 11.1. The van der Waals surface area contributed by atoms with Gasteiger partial charge in [-0.2, -0.15) is 0 Å². The predicted molar refractivity (Wildman–Crippen MR) is 58.2 cm³/mol. The van der Waals surface area contributed by atoms with Crippen LogP contribution >= 0.6 is 0 Å². The number of hydrazine groups is 1. The van der Waals surface area contributed by atoms with Gasteiger partial charge in [0.05, 0.1) is 11.6 Å². The van der Waals surface area contributed by atoms with E-state index < -0.39 is 0 Å². The molecule has 0 aromatic carbocycles. The average molecular weight is 214 g/mol. The summed E-state index contributed by atoms with van der Waals surface area (Å²) in [4.78, 5) is 0. The molecule has 2 fully saturated rings. The Labute approximate surface area is 91.5 Å². The van der Waals surface area contributed by atoms with Gasteiger partial charge in [0.15, 0.2) is 0 Å². The van der Waals surface area contributed by atoms with Crippen molar-refractivity contribution in [2.24, 2.45) is 11.8 Å². The van der Waals surface area contributed by atoms with E-state index in [1.807, 2.05) is 7.11 Å². The summed E-state index contributed by atoms with van der Waals surface area (Å²) in [6.45, 7) is 1.73. The van der Waals surface area contributed by atoms with Crippen molar-refractivity contribution in [3.05, 3.63) is 0 Å². The molecule has 15 heavy (non-hydrogen) atoms. The third-order valence-electron chi connectivity index (χ3n) is 4.09. The van der Waals surface area contributed by atoms with E-state index in [1.54, 1.807) is 0 Å². The number of nitrogens with one attached hydrogen (secondary N) is 1. The maximum Gasteiger partial charge on any atom is 0.0847 e. The molecule has 0 aromatic rings. The molecule has 0 aromatic heterocycles. The summed E-state index contributed by atoms with van der Waals surface area (Å²) in [7, 11) is 1.81. The second-order valence-corrected chi connectivity index (χ2v) is 4.72. The van der Waals surface area contributed by atoms with Crippen molar-refractivity contribution in [3.8, 4) is 0 Å². The first-order valence-electron chi connectivity index (χ1n) is 5.91. The van der Waals surface area contributed by atoms with E-state index in [9.17, 15) is 0 Å². The molecule has 0 radical (unpaired) electrons. The first kappa shape index (κ1) is 11.3. The van der Waals surface area contributed by atoms with Gasteiger partial charge in [0.25, 0.3) is 0 Å². The lowest BCUT2D eigenvalue weighted by Gasteiger charge is -2.49. The van der Waals surface area contributed by atoms with Crippen LogP contribution in [0.25, 0.3) is 0 Å². The van der Waals surface area contributed by atoms with Gasteiger partial charge in [0, 0.05) is 20.3 Å². The van der Waals surface area contributed by atoms with Crippen LogP contribution in [-0.2, 0) is 9.47 Å². The Balaban J connectivity index is 2.01. The molecule has 3 N–H and O–H groups in total. The summed E-state index contributed by atoms with van der Waals surface area (Å²) >= 11 is 0. The minimum Gasteiger partial charge on any atom is -0.381 e. The molecule has 2 aliphatic rings. The van der Waals surface area contributed by atoms with Crippen LogP contribution < -0.4 is 11.3 Å². The van der Waals surface area contributed by atoms with Gasteiger partial charge in [-0.05, 0) is 38.0 Å². The molecule has 88 valence electrons. The zero-order valence-corrected chi connectivity index (χ0v) is 9.50. The lowest BCUT2D eigenvalue weighted by Crippen LogP contribution is -2.62. The van der Waals surface area contributed by atoms with E-state index in [-0.39, 0.29) is 5.60 Å². The smallest absolute Gasteiger partial charge is 0.0847 e. The average Bonchev–Trinajstić information content (AvgIpc) is 2.24. The van der Waals surface area contributed by atoms with Crippen molar-refractivity contribution in [2.45, 2.75) is 43.7 Å². The summed E-state index contributed by atoms with van der Waals surface area (Å²) in [6, 6.07) is 0.292. The third kappa shape index (κ3) is 2.04. The number of nitrogens with two attached hydrogens (primary N) is 1. The number of hydrogen-bond acceptors (Lipinski definition) is 4. The van der Waals surface area contributed by atoms with Gasteiger partial charge in [-0.25, -0.2) is 0 Å². The molecular weight excluding hydrogens is 192 g/mol. The van der Waals surface area contributed by atoms with Crippen LogP contribution in [0.15, 0.2) is 0 Å². The quantitative estimate of drug-likeness (QED) is 0.537. The lowest BCUT2D eigenvalue weighted by atomic mass is 9.69. The van der Waals surface area contributed by atoms with Gasteiger partial charge in [-0.3, -0.25) is 11.3 Å². The number of methoxy groups -OCH3 is 1. The van der Waals surface area contributed by atoms with Crippen molar-refractivity contribution in [1.82, 2.24) is 5.43 Å². The van der Waals surface area contributed by atoms with Crippen molar-refractivity contribution >= 4 is 0 Å². The maximum absolute atomic E-state index is 5.70. The van der Waals surface area contributed by atoms with Crippen molar-refractivity contribution in [3.63, 3.8) is 0 Å². The molecular formula is C11H22N2O2. The fourth-order valence-electron chi connectivity index (χ4n) is 2.93. The van der Waals surface area contributed by atoms with Crippen LogP contribution in [0.3, 0.4) is 0 Å². The third-order valence-corrected chi connectivity index (χ3v) is 4.09. The highest BCUT2D eigenvalue weighted by Gasteiger charge is 2.47. The summed E-state index contributed by atoms with van der Waals surface area (Å²) in [5, 5.41) is 0. The highest BCUT2D eigenvalue weighted by atomic mass is 16.5. The van der Waals surface area contributed by atoms with Crippen LogP contribution in [0.5, 0.6) is 0 Å². The molecule has 1 saturated carbocycles. The molecule has 1 atom stereocenters. The molecule has 1 aliphatic heterocycles. The molecule has 1 saturated heterocycles. The zero-order chi connectivity index (χ0) is 10.7. The number of hydrogen-bond donors (Lipinski definition) is 2. The Morgan fingerprint density at radius 1 is 1.40 bits per heavy atom. The Bertz CT molecular complexity index is 195. The Hall–Kier alpha value is -0.160. The summed E-state index contributed by atoms with van der Waals surface area (Å²) in [6.07, 6.45) is 5.72. The molecule has 2 rings (SSSR count).